The van der Waals surface area contributed by atoms with Crippen LogP contribution in [-0.4, -0.2) is 17.8 Å². The van der Waals surface area contributed by atoms with Crippen LogP contribution < -0.4 is 5.32 Å². The lowest BCUT2D eigenvalue weighted by Gasteiger charge is -2.06. The Hall–Kier alpha value is -2.17. The number of carbonyl (C=O) groups excluding carboxylic acids is 1. The largest absolute Gasteiger partial charge is 0.373 e. The van der Waals surface area contributed by atoms with Gasteiger partial charge in [0.2, 0.25) is 0 Å². The van der Waals surface area contributed by atoms with Gasteiger partial charge in [-0.25, -0.2) is 0 Å². The molecule has 0 spiro atoms. The lowest BCUT2D eigenvalue weighted by Crippen LogP contribution is -2.15. The number of carbonyl (C=O) groups is 1. The number of hydrogen-bond acceptors (Lipinski definition) is 4. The summed E-state index contributed by atoms with van der Waals surface area (Å²) in [6.45, 7) is 1.98. The van der Waals surface area contributed by atoms with E-state index < -0.39 is 4.92 Å². The van der Waals surface area contributed by atoms with Gasteiger partial charge in [0, 0.05) is 5.56 Å². The molecule has 0 bridgehead atoms. The Morgan fingerprint density at radius 3 is 2.56 bits per heavy atom. The lowest BCUT2D eigenvalue weighted by atomic mass is 10.1. The van der Waals surface area contributed by atoms with Crippen molar-refractivity contribution < 1.29 is 9.72 Å². The Balaban J connectivity index is 2.96. The van der Waals surface area contributed by atoms with Crippen molar-refractivity contribution in [1.82, 2.24) is 5.32 Å². The van der Waals surface area contributed by atoms with E-state index in [2.05, 4.69) is 5.32 Å². The third-order valence-electron chi connectivity index (χ3n) is 1.97. The highest BCUT2D eigenvalue weighted by Gasteiger charge is 2.05. The Morgan fingerprint density at radius 2 is 2.06 bits per heavy atom. The molecular formula is C11H12N2O3. The maximum atomic E-state index is 10.4. The number of nitrogens with one attached hydrogen (secondary N) is 1. The first-order valence-corrected chi connectivity index (χ1v) is 4.73. The van der Waals surface area contributed by atoms with Gasteiger partial charge < -0.3 is 10.1 Å². The topological polar surface area (TPSA) is 72.2 Å². The first-order chi connectivity index (χ1) is 7.63. The monoisotopic (exact) mass is 220 g/mol. The Labute approximate surface area is 92.9 Å². The van der Waals surface area contributed by atoms with Crippen molar-refractivity contribution in [1.29, 1.82) is 0 Å². The molecule has 0 atom stereocenters. The van der Waals surface area contributed by atoms with Crippen LogP contribution >= 0.6 is 0 Å². The molecule has 0 unspecified atom stereocenters. The Kier molecular flexibility index (Phi) is 4.20. The molecule has 1 aromatic rings. The van der Waals surface area contributed by atoms with E-state index in [1.807, 2.05) is 19.1 Å². The van der Waals surface area contributed by atoms with Crippen LogP contribution in [0.15, 0.2) is 30.5 Å². The van der Waals surface area contributed by atoms with Crippen molar-refractivity contribution >= 4 is 12.0 Å². The summed E-state index contributed by atoms with van der Waals surface area (Å²) >= 11 is 0. The summed E-state index contributed by atoms with van der Waals surface area (Å²) in [6.07, 6.45) is 1.51. The maximum absolute atomic E-state index is 10.4. The van der Waals surface area contributed by atoms with Crippen molar-refractivity contribution in [3.8, 4) is 0 Å². The molecule has 0 aliphatic carbocycles. The standard InChI is InChI=1S/C11H12N2O3/c1-9-2-4-10(5-3-9)11(8-13(15)16)12-6-7-14/h2-5,7-8,12H,6H2,1H3/b11-8+. The molecule has 0 saturated carbocycles. The number of aryl methyl sites for hydroxylation is 1. The molecule has 0 amide bonds. The quantitative estimate of drug-likeness (QED) is 0.462. The van der Waals surface area contributed by atoms with Gasteiger partial charge in [-0.1, -0.05) is 29.8 Å². The minimum atomic E-state index is -0.549. The van der Waals surface area contributed by atoms with Gasteiger partial charge in [-0.2, -0.15) is 0 Å². The summed E-state index contributed by atoms with van der Waals surface area (Å²) < 4.78 is 0. The van der Waals surface area contributed by atoms with Crippen molar-refractivity contribution in [3.05, 3.63) is 51.7 Å². The van der Waals surface area contributed by atoms with E-state index in [1.165, 1.54) is 0 Å². The number of benzene rings is 1. The SMILES string of the molecule is Cc1ccc(/C(=C\[N+](=O)[O-])NCC=O)cc1. The zero-order valence-electron chi connectivity index (χ0n) is 8.84. The van der Waals surface area contributed by atoms with Gasteiger partial charge >= 0.3 is 0 Å². The van der Waals surface area contributed by atoms with Gasteiger partial charge in [0.15, 0.2) is 0 Å². The second-order valence-corrected chi connectivity index (χ2v) is 3.24. The van der Waals surface area contributed by atoms with Crippen LogP contribution in [0.1, 0.15) is 11.1 Å². The van der Waals surface area contributed by atoms with Gasteiger partial charge in [0.25, 0.3) is 6.20 Å². The van der Waals surface area contributed by atoms with Gasteiger partial charge in [-0.15, -0.1) is 0 Å². The second kappa shape index (κ2) is 5.65. The van der Waals surface area contributed by atoms with Crippen LogP contribution in [0.25, 0.3) is 5.70 Å². The normalized spacial score (nSPS) is 10.9. The van der Waals surface area contributed by atoms with Crippen LogP contribution in [0.2, 0.25) is 0 Å². The van der Waals surface area contributed by atoms with Gasteiger partial charge in [-0.05, 0) is 6.92 Å². The summed E-state index contributed by atoms with van der Waals surface area (Å²) in [6, 6.07) is 7.24. The molecule has 16 heavy (non-hydrogen) atoms. The van der Waals surface area contributed by atoms with Crippen LogP contribution in [-0.2, 0) is 4.79 Å². The van der Waals surface area contributed by atoms with Gasteiger partial charge in [-0.3, -0.25) is 10.1 Å². The van der Waals surface area contributed by atoms with E-state index in [0.29, 0.717) is 17.5 Å². The van der Waals surface area contributed by atoms with E-state index in [4.69, 9.17) is 0 Å². The number of nitro groups is 1. The smallest absolute Gasteiger partial charge is 0.258 e. The summed E-state index contributed by atoms with van der Waals surface area (Å²) in [4.78, 5) is 20.1. The predicted molar refractivity (Wildman–Crippen MR) is 60.2 cm³/mol. The molecule has 0 aliphatic rings. The maximum Gasteiger partial charge on any atom is 0.258 e. The fourth-order valence-corrected chi connectivity index (χ4v) is 1.21. The van der Waals surface area contributed by atoms with Gasteiger partial charge in [0.05, 0.1) is 11.5 Å². The third-order valence-corrected chi connectivity index (χ3v) is 1.97. The zero-order valence-corrected chi connectivity index (χ0v) is 8.84. The molecule has 0 aromatic heterocycles. The first kappa shape index (κ1) is 11.9. The van der Waals surface area contributed by atoms with Crippen molar-refractivity contribution in [2.45, 2.75) is 6.92 Å². The zero-order chi connectivity index (χ0) is 12.0. The molecule has 0 saturated heterocycles. The second-order valence-electron chi connectivity index (χ2n) is 3.24. The molecule has 5 heteroatoms. The molecular weight excluding hydrogens is 208 g/mol. The van der Waals surface area contributed by atoms with E-state index in [-0.39, 0.29) is 6.54 Å². The fourth-order valence-electron chi connectivity index (χ4n) is 1.21. The number of hydrogen-bond donors (Lipinski definition) is 1. The highest BCUT2D eigenvalue weighted by Crippen LogP contribution is 2.12. The van der Waals surface area contributed by atoms with Crippen LogP contribution in [0, 0.1) is 17.0 Å². The molecule has 0 radical (unpaired) electrons. The average Bonchev–Trinajstić information content (AvgIpc) is 2.25. The minimum Gasteiger partial charge on any atom is -0.373 e. The minimum absolute atomic E-state index is 0.0492. The molecule has 0 aliphatic heterocycles. The van der Waals surface area contributed by atoms with E-state index in [9.17, 15) is 14.9 Å². The lowest BCUT2D eigenvalue weighted by molar-refractivity contribution is -0.401. The molecule has 1 rings (SSSR count). The molecule has 1 N–H and O–H groups in total. The fraction of sp³-hybridized carbons (Fsp3) is 0.182. The molecule has 0 fully saturated rings. The summed E-state index contributed by atoms with van der Waals surface area (Å²) in [5.74, 6) is 0. The first-order valence-electron chi connectivity index (χ1n) is 4.73. The highest BCUT2D eigenvalue weighted by atomic mass is 16.6. The van der Waals surface area contributed by atoms with Crippen molar-refractivity contribution in [2.24, 2.45) is 0 Å². The Bertz CT molecular complexity index is 410. The number of aldehydes is 1. The highest BCUT2D eigenvalue weighted by molar-refractivity contribution is 5.66. The van der Waals surface area contributed by atoms with Crippen LogP contribution in [0.4, 0.5) is 0 Å². The van der Waals surface area contributed by atoms with Gasteiger partial charge in [0.1, 0.15) is 12.0 Å². The molecule has 1 aromatic carbocycles. The average molecular weight is 220 g/mol. The number of rotatable bonds is 5. The van der Waals surface area contributed by atoms with E-state index in [1.54, 1.807) is 12.1 Å². The van der Waals surface area contributed by atoms with Crippen LogP contribution in [0.3, 0.4) is 0 Å². The predicted octanol–water partition coefficient (Wildman–Crippen LogP) is 1.36. The molecule has 5 nitrogen and oxygen atoms in total. The van der Waals surface area contributed by atoms with E-state index in [0.717, 1.165) is 11.8 Å². The number of nitrogens with zero attached hydrogens (tertiary/aromatic N) is 1. The Morgan fingerprint density at radius 1 is 1.44 bits per heavy atom. The molecule has 0 heterocycles. The van der Waals surface area contributed by atoms with E-state index >= 15 is 0 Å². The molecule has 84 valence electrons. The summed E-state index contributed by atoms with van der Waals surface area (Å²) in [5.41, 5.74) is 2.08. The third kappa shape index (κ3) is 3.53. The van der Waals surface area contributed by atoms with Crippen LogP contribution in [0.5, 0.6) is 0 Å². The van der Waals surface area contributed by atoms with Crippen molar-refractivity contribution in [2.75, 3.05) is 6.54 Å². The van der Waals surface area contributed by atoms with Crippen molar-refractivity contribution in [3.63, 3.8) is 0 Å². The summed E-state index contributed by atoms with van der Waals surface area (Å²) in [5, 5.41) is 13.1. The summed E-state index contributed by atoms with van der Waals surface area (Å²) in [7, 11) is 0.